The molecule has 0 unspecified atom stereocenters. The number of carbonyl (C=O) groups excluding carboxylic acids is 1. The van der Waals surface area contributed by atoms with Gasteiger partial charge >= 0.3 is 0 Å². The zero-order valence-corrected chi connectivity index (χ0v) is 20.7. The van der Waals surface area contributed by atoms with E-state index in [-0.39, 0.29) is 36.4 Å². The fraction of sp³-hybridized carbons (Fsp3) is 0.450. The first-order valence-corrected chi connectivity index (χ1v) is 9.54. The van der Waals surface area contributed by atoms with E-state index >= 15 is 0 Å². The molecule has 2 heterocycles. The zero-order valence-electron chi connectivity index (χ0n) is 18.4. The predicted octanol–water partition coefficient (Wildman–Crippen LogP) is 1.49. The highest BCUT2D eigenvalue weighted by Crippen LogP contribution is 2.39. The van der Waals surface area contributed by atoms with Crippen molar-refractivity contribution in [1.29, 1.82) is 0 Å². The molecule has 1 fully saturated rings. The summed E-state index contributed by atoms with van der Waals surface area (Å²) in [6, 6.07) is 3.74. The number of amides is 1. The molecule has 11 heteroatoms. The number of rotatable bonds is 6. The van der Waals surface area contributed by atoms with E-state index in [1.807, 2.05) is 30.3 Å². The summed E-state index contributed by atoms with van der Waals surface area (Å²) in [6.07, 6.45) is 3.54. The van der Waals surface area contributed by atoms with Gasteiger partial charge in [-0.05, 0) is 12.1 Å². The molecule has 0 spiro atoms. The highest BCUT2D eigenvalue weighted by atomic mass is 127. The van der Waals surface area contributed by atoms with Crippen LogP contribution in [0.3, 0.4) is 0 Å². The van der Waals surface area contributed by atoms with Gasteiger partial charge in [0, 0.05) is 45.5 Å². The molecule has 0 radical (unpaired) electrons. The van der Waals surface area contributed by atoms with Gasteiger partial charge in [0.15, 0.2) is 17.5 Å². The number of hydrogen-bond donors (Lipinski definition) is 1. The third-order valence-corrected chi connectivity index (χ3v) is 4.96. The number of benzene rings is 1. The number of piperazine rings is 1. The van der Waals surface area contributed by atoms with Crippen molar-refractivity contribution in [2.45, 2.75) is 6.54 Å². The predicted molar refractivity (Wildman–Crippen MR) is 129 cm³/mol. The summed E-state index contributed by atoms with van der Waals surface area (Å²) in [5.74, 6) is 2.37. The van der Waals surface area contributed by atoms with Gasteiger partial charge in [-0.25, -0.2) is 0 Å². The van der Waals surface area contributed by atoms with E-state index in [9.17, 15) is 4.79 Å². The van der Waals surface area contributed by atoms with Gasteiger partial charge in [-0.3, -0.25) is 14.5 Å². The van der Waals surface area contributed by atoms with Crippen LogP contribution in [0, 0.1) is 0 Å². The second kappa shape index (κ2) is 11.1. The zero-order chi connectivity index (χ0) is 21.7. The molecule has 0 saturated carbocycles. The molecule has 0 atom stereocenters. The van der Waals surface area contributed by atoms with Crippen LogP contribution >= 0.6 is 24.0 Å². The van der Waals surface area contributed by atoms with Crippen LogP contribution in [0.2, 0.25) is 0 Å². The van der Waals surface area contributed by atoms with E-state index in [0.717, 1.165) is 11.3 Å². The second-order valence-electron chi connectivity index (χ2n) is 6.73. The normalized spacial score (nSPS) is 14.2. The number of aromatic nitrogens is 2. The summed E-state index contributed by atoms with van der Waals surface area (Å²) < 4.78 is 18.0. The minimum absolute atomic E-state index is 0. The molecular formula is C20H29IN6O4. The average Bonchev–Trinajstić information content (AvgIpc) is 3.19. The molecule has 1 aliphatic heterocycles. The lowest BCUT2D eigenvalue weighted by Crippen LogP contribution is -2.55. The van der Waals surface area contributed by atoms with Crippen molar-refractivity contribution in [3.05, 3.63) is 30.1 Å². The summed E-state index contributed by atoms with van der Waals surface area (Å²) in [5, 5.41) is 7.45. The maximum atomic E-state index is 12.7. The highest BCUT2D eigenvalue weighted by molar-refractivity contribution is 14.0. The van der Waals surface area contributed by atoms with Gasteiger partial charge in [-0.15, -0.1) is 24.0 Å². The number of nitrogens with one attached hydrogen (secondary N) is 1. The van der Waals surface area contributed by atoms with Crippen molar-refractivity contribution in [3.8, 4) is 17.2 Å². The molecule has 0 bridgehead atoms. The van der Waals surface area contributed by atoms with E-state index in [4.69, 9.17) is 14.2 Å². The van der Waals surface area contributed by atoms with Crippen molar-refractivity contribution < 1.29 is 19.0 Å². The molecule has 3 rings (SSSR count). The molecular weight excluding hydrogens is 515 g/mol. The SMILES string of the molecule is CN=C(NCc1ccc(OC)c(OC)c1OC)N1CCN(c2cnn(C)c2)C(=O)C1.I. The summed E-state index contributed by atoms with van der Waals surface area (Å²) in [6.45, 7) is 1.90. The van der Waals surface area contributed by atoms with Gasteiger partial charge in [0.25, 0.3) is 0 Å². The van der Waals surface area contributed by atoms with Crippen LogP contribution in [0.4, 0.5) is 5.69 Å². The average molecular weight is 544 g/mol. The Kier molecular flexibility index (Phi) is 8.77. The quantitative estimate of drug-likeness (QED) is 0.335. The first kappa shape index (κ1) is 24.6. The standard InChI is InChI=1S/C20H28N6O4.HI/c1-21-20(22-10-14-6-7-16(28-3)19(30-5)18(14)29-4)25-8-9-26(17(27)13-25)15-11-23-24(2)12-15;/h6-7,11-12H,8-10,13H2,1-5H3,(H,21,22);1H. The van der Waals surface area contributed by atoms with Gasteiger partial charge in [-0.2, -0.15) is 5.10 Å². The third-order valence-electron chi connectivity index (χ3n) is 4.96. The third kappa shape index (κ3) is 5.32. The van der Waals surface area contributed by atoms with Crippen molar-refractivity contribution >= 4 is 41.5 Å². The highest BCUT2D eigenvalue weighted by Gasteiger charge is 2.28. The van der Waals surface area contributed by atoms with Crippen molar-refractivity contribution in [2.24, 2.45) is 12.0 Å². The van der Waals surface area contributed by atoms with Gasteiger partial charge < -0.3 is 29.3 Å². The van der Waals surface area contributed by atoms with Crippen LogP contribution in [0.5, 0.6) is 17.2 Å². The van der Waals surface area contributed by atoms with Crippen molar-refractivity contribution in [2.75, 3.05) is 52.9 Å². The molecule has 1 amide bonds. The number of hydrogen-bond acceptors (Lipinski definition) is 6. The summed E-state index contributed by atoms with van der Waals surface area (Å²) in [4.78, 5) is 20.7. The van der Waals surface area contributed by atoms with Crippen LogP contribution < -0.4 is 24.4 Å². The molecule has 1 saturated heterocycles. The lowest BCUT2D eigenvalue weighted by Gasteiger charge is -2.35. The number of aryl methyl sites for hydroxylation is 1. The molecule has 31 heavy (non-hydrogen) atoms. The summed E-state index contributed by atoms with van der Waals surface area (Å²) in [7, 11) is 8.28. The second-order valence-corrected chi connectivity index (χ2v) is 6.73. The Morgan fingerprint density at radius 2 is 1.90 bits per heavy atom. The van der Waals surface area contributed by atoms with E-state index in [1.165, 1.54) is 0 Å². The fourth-order valence-electron chi connectivity index (χ4n) is 3.48. The molecule has 1 aromatic heterocycles. The van der Waals surface area contributed by atoms with Crippen molar-refractivity contribution in [1.82, 2.24) is 20.0 Å². The summed E-state index contributed by atoms with van der Waals surface area (Å²) in [5.41, 5.74) is 1.69. The topological polar surface area (TPSA) is 93.5 Å². The molecule has 10 nitrogen and oxygen atoms in total. The fourth-order valence-corrected chi connectivity index (χ4v) is 3.48. The Labute approximate surface area is 199 Å². The van der Waals surface area contributed by atoms with Crippen LogP contribution in [0.1, 0.15) is 5.56 Å². The molecule has 2 aromatic rings. The molecule has 170 valence electrons. The molecule has 1 aromatic carbocycles. The van der Waals surface area contributed by atoms with E-state index < -0.39 is 0 Å². The first-order chi connectivity index (χ1) is 14.5. The minimum atomic E-state index is 0. The van der Waals surface area contributed by atoms with E-state index in [1.54, 1.807) is 44.2 Å². The Balaban J connectivity index is 0.00000341. The van der Waals surface area contributed by atoms with Gasteiger partial charge in [0.1, 0.15) is 6.54 Å². The van der Waals surface area contributed by atoms with Crippen LogP contribution in [0.25, 0.3) is 0 Å². The number of halogens is 1. The maximum Gasteiger partial charge on any atom is 0.246 e. The minimum Gasteiger partial charge on any atom is -0.493 e. The number of carbonyl (C=O) groups is 1. The van der Waals surface area contributed by atoms with Crippen LogP contribution in [0.15, 0.2) is 29.5 Å². The van der Waals surface area contributed by atoms with E-state index in [0.29, 0.717) is 42.8 Å². The maximum absolute atomic E-state index is 12.7. The molecule has 0 aliphatic carbocycles. The monoisotopic (exact) mass is 544 g/mol. The Bertz CT molecular complexity index is 932. The van der Waals surface area contributed by atoms with Gasteiger partial charge in [-0.1, -0.05) is 0 Å². The van der Waals surface area contributed by atoms with Gasteiger partial charge in [0.05, 0.1) is 33.2 Å². The molecule has 1 N–H and O–H groups in total. The van der Waals surface area contributed by atoms with Gasteiger partial charge in [0.2, 0.25) is 11.7 Å². The largest absolute Gasteiger partial charge is 0.493 e. The Morgan fingerprint density at radius 3 is 2.45 bits per heavy atom. The lowest BCUT2D eigenvalue weighted by atomic mass is 10.1. The Hall–Kier alpha value is -2.70. The van der Waals surface area contributed by atoms with Crippen LogP contribution in [-0.4, -0.2) is 74.6 Å². The number of aliphatic imine (C=N–C) groups is 1. The number of nitrogens with zero attached hydrogens (tertiary/aromatic N) is 5. The van der Waals surface area contributed by atoms with E-state index in [2.05, 4.69) is 15.4 Å². The number of ether oxygens (including phenoxy) is 3. The number of anilines is 1. The molecule has 1 aliphatic rings. The Morgan fingerprint density at radius 1 is 1.16 bits per heavy atom. The number of methoxy groups -OCH3 is 3. The lowest BCUT2D eigenvalue weighted by molar-refractivity contribution is -0.120. The smallest absolute Gasteiger partial charge is 0.246 e. The first-order valence-electron chi connectivity index (χ1n) is 9.54. The summed E-state index contributed by atoms with van der Waals surface area (Å²) >= 11 is 0. The van der Waals surface area contributed by atoms with Crippen LogP contribution in [-0.2, 0) is 18.4 Å². The van der Waals surface area contributed by atoms with Crippen molar-refractivity contribution in [3.63, 3.8) is 0 Å². The number of guanidine groups is 1.